The van der Waals surface area contributed by atoms with Crippen LogP contribution in [0.2, 0.25) is 0 Å². The lowest BCUT2D eigenvalue weighted by molar-refractivity contribution is 0.101. The number of aromatic nitrogens is 4. The molecule has 2 aromatic carbocycles. The van der Waals surface area contributed by atoms with E-state index in [1.807, 2.05) is 6.92 Å². The first-order valence-electron chi connectivity index (χ1n) is 10.7. The molecule has 2 aromatic heterocycles. The maximum absolute atomic E-state index is 13.6. The quantitative estimate of drug-likeness (QED) is 0.364. The number of amides is 1. The number of halogens is 1. The Labute approximate surface area is 206 Å². The highest BCUT2D eigenvalue weighted by Crippen LogP contribution is 2.34. The topological polar surface area (TPSA) is 128 Å². The Morgan fingerprint density at radius 1 is 1.08 bits per heavy atom. The summed E-state index contributed by atoms with van der Waals surface area (Å²) in [6.45, 7) is 1.89. The summed E-state index contributed by atoms with van der Waals surface area (Å²) in [5.41, 5.74) is 5.01. The van der Waals surface area contributed by atoms with Crippen LogP contribution in [0.15, 0.2) is 54.9 Å². The van der Waals surface area contributed by atoms with Crippen molar-refractivity contribution in [1.29, 1.82) is 0 Å². The summed E-state index contributed by atoms with van der Waals surface area (Å²) in [7, 11) is 0.404. The zero-order valence-corrected chi connectivity index (χ0v) is 20.4. The minimum Gasteiger partial charge on any atom is -0.493 e. The second-order valence-corrected chi connectivity index (χ2v) is 8.31. The van der Waals surface area contributed by atoms with Crippen molar-refractivity contribution >= 4 is 16.2 Å². The molecular weight excluding hydrogens is 489 g/mol. The molecule has 0 spiro atoms. The van der Waals surface area contributed by atoms with Gasteiger partial charge in [0, 0.05) is 22.9 Å². The van der Waals surface area contributed by atoms with Crippen molar-refractivity contribution in [2.75, 3.05) is 19.6 Å². The van der Waals surface area contributed by atoms with E-state index < -0.39 is 22.0 Å². The van der Waals surface area contributed by atoms with Crippen molar-refractivity contribution in [2.24, 2.45) is 0 Å². The summed E-state index contributed by atoms with van der Waals surface area (Å²) < 4.78 is 48.4. The molecule has 2 heterocycles. The number of benzene rings is 2. The lowest BCUT2D eigenvalue weighted by Crippen LogP contribution is -2.25. The average Bonchev–Trinajstić information content (AvgIpc) is 3.31. The maximum atomic E-state index is 13.6. The Bertz CT molecular complexity index is 1600. The molecule has 10 nitrogen and oxygen atoms in total. The van der Waals surface area contributed by atoms with E-state index in [4.69, 9.17) is 9.47 Å². The molecule has 186 valence electrons. The Kier molecular flexibility index (Phi) is 7.15. The largest absolute Gasteiger partial charge is 0.493 e. The number of nitrogens with one attached hydrogen (secondary N) is 2. The van der Waals surface area contributed by atoms with E-state index >= 15 is 0 Å². The fourth-order valence-corrected chi connectivity index (χ4v) is 4.12. The number of rotatable bonds is 7. The number of carbonyl (C=O) groups excluding carboxylic acids is 1. The Morgan fingerprint density at radius 2 is 1.83 bits per heavy atom. The van der Waals surface area contributed by atoms with Crippen LogP contribution in [-0.2, 0) is 16.7 Å². The van der Waals surface area contributed by atoms with Gasteiger partial charge in [0.15, 0.2) is 17.3 Å². The minimum atomic E-state index is -2.60. The zero-order valence-electron chi connectivity index (χ0n) is 19.6. The third kappa shape index (κ3) is 4.70. The van der Waals surface area contributed by atoms with Crippen LogP contribution in [0.3, 0.4) is 0 Å². The predicted octanol–water partition coefficient (Wildman–Crippen LogP) is 3.45. The van der Waals surface area contributed by atoms with Crippen molar-refractivity contribution in [3.63, 3.8) is 0 Å². The summed E-state index contributed by atoms with van der Waals surface area (Å²) >= 11 is 0. The van der Waals surface area contributed by atoms with Gasteiger partial charge in [-0.3, -0.25) is 10.2 Å². The van der Waals surface area contributed by atoms with Crippen LogP contribution < -0.4 is 14.9 Å². The molecule has 0 radical (unpaired) electrons. The number of hydrogen-bond donors (Lipinski definition) is 2. The van der Waals surface area contributed by atoms with Gasteiger partial charge < -0.3 is 14.5 Å². The second kappa shape index (κ2) is 10.4. The van der Waals surface area contributed by atoms with E-state index in [0.29, 0.717) is 51.8 Å². The monoisotopic (exact) mass is 511 g/mol. The fourth-order valence-electron chi connectivity index (χ4n) is 3.78. The number of H-pyrrole nitrogens is 1. The standard InChI is InChI=1S/C24H22FN5O5S/c1-4-16-17(9-10-20(34-2)21(16)35-3)23(31)29-30-19(18-11-12-26-24(28-18)36(32)33)13-27-22(30)14-5-7-15(25)8-6-14/h5-13,28H,4H2,1-3H3,(H,29,31). The molecule has 4 rings (SSSR count). The van der Waals surface area contributed by atoms with Gasteiger partial charge in [-0.15, -0.1) is 0 Å². The Morgan fingerprint density at radius 3 is 2.47 bits per heavy atom. The second-order valence-electron chi connectivity index (χ2n) is 7.45. The molecule has 2 N–H and O–H groups in total. The van der Waals surface area contributed by atoms with Crippen LogP contribution in [0.5, 0.6) is 11.5 Å². The van der Waals surface area contributed by atoms with Crippen LogP contribution in [0, 0.1) is 10.6 Å². The molecule has 0 fully saturated rings. The molecule has 0 aliphatic carbocycles. The summed E-state index contributed by atoms with van der Waals surface area (Å²) in [5, 5.41) is 0. The van der Waals surface area contributed by atoms with Gasteiger partial charge in [0.2, 0.25) is 0 Å². The first-order chi connectivity index (χ1) is 17.4. The highest BCUT2D eigenvalue weighted by Gasteiger charge is 2.22. The van der Waals surface area contributed by atoms with E-state index in [1.54, 1.807) is 18.2 Å². The number of aromatic amines is 1. The van der Waals surface area contributed by atoms with E-state index in [-0.39, 0.29) is 4.77 Å². The molecule has 0 unspecified atom stereocenters. The Hall–Kier alpha value is -4.45. The molecule has 36 heavy (non-hydrogen) atoms. The van der Waals surface area contributed by atoms with Crippen LogP contribution in [0.1, 0.15) is 22.8 Å². The van der Waals surface area contributed by atoms with Crippen molar-refractivity contribution in [3.05, 3.63) is 76.6 Å². The van der Waals surface area contributed by atoms with E-state index in [1.165, 1.54) is 55.6 Å². The van der Waals surface area contributed by atoms with Crippen molar-refractivity contribution in [3.8, 4) is 34.3 Å². The van der Waals surface area contributed by atoms with Crippen molar-refractivity contribution < 1.29 is 27.1 Å². The molecule has 0 bridgehead atoms. The highest BCUT2D eigenvalue weighted by atomic mass is 32.2. The third-order valence-corrected chi connectivity index (χ3v) is 5.96. The van der Waals surface area contributed by atoms with Gasteiger partial charge in [0.05, 0.1) is 26.1 Å². The predicted molar refractivity (Wildman–Crippen MR) is 130 cm³/mol. The first kappa shape index (κ1) is 24.7. The number of ether oxygens (including phenoxy) is 2. The normalized spacial score (nSPS) is 10.7. The molecule has 0 saturated carbocycles. The molecule has 0 atom stereocenters. The third-order valence-electron chi connectivity index (χ3n) is 5.43. The van der Waals surface area contributed by atoms with Gasteiger partial charge in [-0.05, 0) is 48.9 Å². The highest BCUT2D eigenvalue weighted by molar-refractivity contribution is 7.63. The van der Waals surface area contributed by atoms with Crippen LogP contribution >= 0.6 is 0 Å². The lowest BCUT2D eigenvalue weighted by atomic mass is 10.0. The van der Waals surface area contributed by atoms with Gasteiger partial charge in [0.25, 0.3) is 21.0 Å². The molecule has 0 aliphatic heterocycles. The Balaban J connectivity index is 1.87. The molecule has 0 saturated heterocycles. The van der Waals surface area contributed by atoms with Crippen molar-refractivity contribution in [1.82, 2.24) is 19.6 Å². The molecule has 12 heteroatoms. The number of imidazole rings is 1. The summed E-state index contributed by atoms with van der Waals surface area (Å²) in [4.78, 5) is 24.4. The first-order valence-corrected chi connectivity index (χ1v) is 11.8. The van der Waals surface area contributed by atoms with Gasteiger partial charge in [-0.1, -0.05) is 6.92 Å². The smallest absolute Gasteiger partial charge is 0.270 e. The number of carbonyl (C=O) groups is 1. The van der Waals surface area contributed by atoms with Gasteiger partial charge in [0.1, 0.15) is 11.5 Å². The van der Waals surface area contributed by atoms with E-state index in [2.05, 4.69) is 20.4 Å². The van der Waals surface area contributed by atoms with Gasteiger partial charge >= 0.3 is 0 Å². The fraction of sp³-hybridized carbons (Fsp3) is 0.167. The molecule has 1 amide bonds. The van der Waals surface area contributed by atoms with Crippen molar-refractivity contribution in [2.45, 2.75) is 13.3 Å². The minimum absolute atomic E-state index is 0.289. The average molecular weight is 512 g/mol. The van der Waals surface area contributed by atoms with Gasteiger partial charge in [-0.2, -0.15) is 8.42 Å². The molecule has 4 aromatic rings. The number of nitrogens with zero attached hydrogens (tertiary/aromatic N) is 3. The summed E-state index contributed by atoms with van der Waals surface area (Å²) in [6, 6.07) is 10.4. The molecular formula is C24H22FN5O5S. The van der Waals surface area contributed by atoms with Gasteiger partial charge in [-0.25, -0.2) is 19.0 Å². The van der Waals surface area contributed by atoms with Crippen LogP contribution in [0.25, 0.3) is 22.8 Å². The van der Waals surface area contributed by atoms with Crippen LogP contribution in [-0.4, -0.2) is 48.2 Å². The number of hydrogen-bond acceptors (Lipinski definition) is 7. The van der Waals surface area contributed by atoms with Crippen LogP contribution in [0.4, 0.5) is 4.39 Å². The molecule has 0 aliphatic rings. The van der Waals surface area contributed by atoms with E-state index in [0.717, 1.165) is 0 Å². The maximum Gasteiger partial charge on any atom is 0.270 e. The van der Waals surface area contributed by atoms with E-state index in [9.17, 15) is 17.6 Å². The SMILES string of the molecule is CCc1c(C(=O)Nn2c(-c3ccnc(=S(=O)=O)[nH]3)cnc2-c2ccc(F)cc2)ccc(OC)c1OC. The summed E-state index contributed by atoms with van der Waals surface area (Å²) in [5.74, 6) is 0.334. The summed E-state index contributed by atoms with van der Waals surface area (Å²) in [6.07, 6.45) is 3.26. The zero-order chi connectivity index (χ0) is 25.8. The lowest BCUT2D eigenvalue weighted by Gasteiger charge is -2.18. The number of methoxy groups -OCH3 is 2.